The number of aliphatic carboxylic acids is 1. The maximum Gasteiger partial charge on any atom is 0.336 e. The number of carboxylic acid groups (broad SMARTS) is 4. The van der Waals surface area contributed by atoms with Gasteiger partial charge in [0.05, 0.1) is 40.1 Å². The molecule has 3 aromatic carbocycles. The van der Waals surface area contributed by atoms with Gasteiger partial charge in [-0.05, 0) is 73.9 Å². The van der Waals surface area contributed by atoms with Gasteiger partial charge in [0.2, 0.25) is 11.7 Å². The fourth-order valence-corrected chi connectivity index (χ4v) is 7.48. The average Bonchev–Trinajstić information content (AvgIpc) is 3.25. The van der Waals surface area contributed by atoms with Gasteiger partial charge in [-0.3, -0.25) is 19.7 Å². The van der Waals surface area contributed by atoms with Crippen LogP contribution in [0.4, 0.5) is 15.8 Å². The predicted molar refractivity (Wildman–Crippen MR) is 241 cm³/mol. The van der Waals surface area contributed by atoms with Gasteiger partial charge in [0.1, 0.15) is 5.75 Å². The standard InChI is InChI=1S/C25H42O3.C14H15FN2O5.C8H5BrO4/c1-2-3-4-5-6-7-8-9-10-11-12-13-14-15-16-17-22-28-24-20-18-23(19-21-24)25(26)27;15-11-6-5-8(7-12(11)17(21)22)16-13(18)9-3-1-2-4-10(9)14(19)20;9-4-1-2-5(7(10)11)6(3-4)8(12)13/h18-21H,2-17,22H2,1H3,(H,26,27);5-7,9-10H,1-4H2,(H,16,18)(H,19,20);1-3H,(H,10,11)(H,12,13). The molecule has 3 aromatic rings. The molecule has 1 saturated carbocycles. The van der Waals surface area contributed by atoms with Gasteiger partial charge >= 0.3 is 29.6 Å². The number of unbranched alkanes of at least 4 members (excludes halogenated alkanes) is 15. The summed E-state index contributed by atoms with van der Waals surface area (Å²) in [5, 5.41) is 48.4. The Bertz CT molecular complexity index is 1910. The molecule has 1 amide bonds. The molecule has 0 aromatic heterocycles. The number of nitro groups is 1. The van der Waals surface area contributed by atoms with Crippen molar-refractivity contribution in [2.45, 2.75) is 135 Å². The van der Waals surface area contributed by atoms with E-state index in [0.29, 0.717) is 29.5 Å². The summed E-state index contributed by atoms with van der Waals surface area (Å²) in [6, 6.07) is 13.6. The summed E-state index contributed by atoms with van der Waals surface area (Å²) in [5.41, 5.74) is -0.795. The monoisotopic (exact) mass is 944 g/mol. The molecule has 1 fully saturated rings. The van der Waals surface area contributed by atoms with Crippen molar-refractivity contribution in [3.63, 3.8) is 0 Å². The predicted octanol–water partition coefficient (Wildman–Crippen LogP) is 12.4. The molecule has 0 saturated heterocycles. The number of anilines is 1. The number of ether oxygens (including phenoxy) is 1. The number of carbonyl (C=O) groups is 5. The van der Waals surface area contributed by atoms with Crippen molar-refractivity contribution in [1.82, 2.24) is 0 Å². The van der Waals surface area contributed by atoms with Gasteiger partial charge in [0, 0.05) is 16.2 Å². The van der Waals surface area contributed by atoms with Crippen LogP contribution in [0.1, 0.15) is 166 Å². The lowest BCUT2D eigenvalue weighted by molar-refractivity contribution is -0.387. The molecule has 14 nitrogen and oxygen atoms in total. The highest BCUT2D eigenvalue weighted by Crippen LogP contribution is 2.32. The molecule has 0 radical (unpaired) electrons. The van der Waals surface area contributed by atoms with E-state index in [1.165, 1.54) is 121 Å². The summed E-state index contributed by atoms with van der Waals surface area (Å²) in [6.45, 7) is 2.99. The Hall–Kier alpha value is -5.38. The van der Waals surface area contributed by atoms with E-state index in [0.717, 1.165) is 37.1 Å². The lowest BCUT2D eigenvalue weighted by Gasteiger charge is -2.27. The molecule has 0 heterocycles. The van der Waals surface area contributed by atoms with E-state index in [-0.39, 0.29) is 16.8 Å². The number of rotatable bonds is 25. The average molecular weight is 946 g/mol. The van der Waals surface area contributed by atoms with E-state index in [1.807, 2.05) is 0 Å². The highest BCUT2D eigenvalue weighted by Gasteiger charge is 2.36. The van der Waals surface area contributed by atoms with Crippen molar-refractivity contribution in [3.05, 3.63) is 97.8 Å². The summed E-state index contributed by atoms with van der Waals surface area (Å²) in [4.78, 5) is 65.1. The van der Waals surface area contributed by atoms with Gasteiger partial charge in [0.25, 0.3) is 0 Å². The first-order chi connectivity index (χ1) is 30.2. The SMILES string of the molecule is CCCCCCCCCCCCCCCCCCOc1ccc(C(=O)O)cc1.O=C(O)C1CCCCC1C(=O)Nc1ccc(F)c([N+](=O)[O-])c1.O=C(O)c1ccc(Br)cc1C(=O)O. The molecule has 63 heavy (non-hydrogen) atoms. The van der Waals surface area contributed by atoms with Crippen molar-refractivity contribution >= 4 is 57.1 Å². The second kappa shape index (κ2) is 30.6. The zero-order valence-corrected chi connectivity index (χ0v) is 37.6. The van der Waals surface area contributed by atoms with E-state index in [1.54, 1.807) is 24.3 Å². The van der Waals surface area contributed by atoms with Crippen LogP contribution < -0.4 is 10.1 Å². The minimum atomic E-state index is -1.25. The van der Waals surface area contributed by atoms with Crippen LogP contribution in [-0.2, 0) is 9.59 Å². The van der Waals surface area contributed by atoms with Crippen molar-refractivity contribution in [2.24, 2.45) is 11.8 Å². The molecule has 0 aliphatic heterocycles. The van der Waals surface area contributed by atoms with Gasteiger partial charge in [-0.1, -0.05) is 132 Å². The highest BCUT2D eigenvalue weighted by molar-refractivity contribution is 9.10. The van der Waals surface area contributed by atoms with E-state index in [4.69, 9.17) is 25.2 Å². The molecular weight excluding hydrogens is 883 g/mol. The molecular formula is C47H62BrFN2O12. The largest absolute Gasteiger partial charge is 0.494 e. The lowest BCUT2D eigenvalue weighted by atomic mass is 9.78. The van der Waals surface area contributed by atoms with E-state index in [2.05, 4.69) is 28.2 Å². The Morgan fingerprint density at radius 3 is 1.67 bits per heavy atom. The lowest BCUT2D eigenvalue weighted by Crippen LogP contribution is -2.36. The molecule has 0 spiro atoms. The molecule has 1 aliphatic carbocycles. The Morgan fingerprint density at radius 1 is 0.683 bits per heavy atom. The van der Waals surface area contributed by atoms with Crippen molar-refractivity contribution in [3.8, 4) is 5.75 Å². The van der Waals surface area contributed by atoms with Crippen LogP contribution >= 0.6 is 15.9 Å². The first kappa shape index (κ1) is 53.8. The minimum Gasteiger partial charge on any atom is -0.494 e. The Labute approximate surface area is 376 Å². The number of nitrogens with one attached hydrogen (secondary N) is 1. The minimum absolute atomic E-state index is 0.0767. The topological polar surface area (TPSA) is 231 Å². The molecule has 346 valence electrons. The Balaban J connectivity index is 0.000000346. The summed E-state index contributed by atoms with van der Waals surface area (Å²) in [7, 11) is 0. The van der Waals surface area contributed by atoms with E-state index in [9.17, 15) is 38.5 Å². The van der Waals surface area contributed by atoms with Gasteiger partial charge in [-0.25, -0.2) is 14.4 Å². The maximum absolute atomic E-state index is 13.2. The number of amides is 1. The van der Waals surface area contributed by atoms with Gasteiger partial charge in [-0.2, -0.15) is 4.39 Å². The third-order valence-electron chi connectivity index (χ3n) is 10.6. The molecule has 1 aliphatic rings. The zero-order valence-electron chi connectivity index (χ0n) is 36.0. The first-order valence-corrected chi connectivity index (χ1v) is 22.6. The maximum atomic E-state index is 13.2. The third kappa shape index (κ3) is 21.5. The number of hydrogen-bond acceptors (Lipinski definition) is 8. The van der Waals surface area contributed by atoms with Crippen LogP contribution in [0, 0.1) is 27.8 Å². The summed E-state index contributed by atoms with van der Waals surface area (Å²) in [6.07, 6.45) is 24.3. The molecule has 2 unspecified atom stereocenters. The summed E-state index contributed by atoms with van der Waals surface area (Å²) in [5.74, 6) is -6.61. The normalized spacial score (nSPS) is 14.2. The Kier molecular flexibility index (Phi) is 26.1. The van der Waals surface area contributed by atoms with Crippen LogP contribution in [0.2, 0.25) is 0 Å². The fraction of sp³-hybridized carbons (Fsp3) is 0.511. The van der Waals surface area contributed by atoms with Crippen molar-refractivity contribution < 1.29 is 58.4 Å². The second-order valence-electron chi connectivity index (χ2n) is 15.5. The van der Waals surface area contributed by atoms with Crippen molar-refractivity contribution in [2.75, 3.05) is 11.9 Å². The summed E-state index contributed by atoms with van der Waals surface area (Å²) < 4.78 is 19.5. The number of benzene rings is 3. The number of aromatic carboxylic acids is 3. The molecule has 5 N–H and O–H groups in total. The first-order valence-electron chi connectivity index (χ1n) is 21.9. The molecule has 2 atom stereocenters. The van der Waals surface area contributed by atoms with Crippen molar-refractivity contribution in [1.29, 1.82) is 0 Å². The number of carbonyl (C=O) groups excluding carboxylic acids is 1. The summed E-state index contributed by atoms with van der Waals surface area (Å²) >= 11 is 3.06. The quantitative estimate of drug-likeness (QED) is 0.0303. The number of nitro benzene ring substituents is 1. The van der Waals surface area contributed by atoms with Gasteiger partial charge in [-0.15, -0.1) is 0 Å². The Morgan fingerprint density at radius 2 is 1.19 bits per heavy atom. The van der Waals surface area contributed by atoms with Gasteiger partial charge < -0.3 is 30.5 Å². The van der Waals surface area contributed by atoms with Crippen LogP contribution in [0.5, 0.6) is 5.75 Å². The van der Waals surface area contributed by atoms with Crippen LogP contribution in [0.15, 0.2) is 65.1 Å². The third-order valence-corrected chi connectivity index (χ3v) is 11.1. The zero-order chi connectivity index (χ0) is 46.6. The van der Waals surface area contributed by atoms with E-state index < -0.39 is 58.0 Å². The molecule has 0 bridgehead atoms. The van der Waals surface area contributed by atoms with Crippen LogP contribution in [-0.4, -0.2) is 61.7 Å². The van der Waals surface area contributed by atoms with Crippen LogP contribution in [0.25, 0.3) is 0 Å². The highest BCUT2D eigenvalue weighted by atomic mass is 79.9. The van der Waals surface area contributed by atoms with Gasteiger partial charge in [0.15, 0.2) is 0 Å². The number of halogens is 2. The molecule has 4 rings (SSSR count). The fourth-order valence-electron chi connectivity index (χ4n) is 7.12. The van der Waals surface area contributed by atoms with E-state index >= 15 is 0 Å². The van der Waals surface area contributed by atoms with Crippen LogP contribution in [0.3, 0.4) is 0 Å². The number of carboxylic acids is 4. The number of nitrogens with zero attached hydrogens (tertiary/aromatic N) is 1. The number of hydrogen-bond donors (Lipinski definition) is 5. The smallest absolute Gasteiger partial charge is 0.336 e. The second-order valence-corrected chi connectivity index (χ2v) is 16.4. The molecule has 16 heteroatoms.